The fourth-order valence-corrected chi connectivity index (χ4v) is 4.99. The Morgan fingerprint density at radius 2 is 1.89 bits per heavy atom. The van der Waals surface area contributed by atoms with Gasteiger partial charge < -0.3 is 4.90 Å². The first kappa shape index (κ1) is 19.6. The van der Waals surface area contributed by atoms with E-state index in [1.807, 2.05) is 6.07 Å². The summed E-state index contributed by atoms with van der Waals surface area (Å²) in [5, 5.41) is 0.523. The van der Waals surface area contributed by atoms with Crippen LogP contribution in [0.25, 0.3) is 6.08 Å². The van der Waals surface area contributed by atoms with Crippen LogP contribution in [0.1, 0.15) is 17.5 Å². The highest BCUT2D eigenvalue weighted by molar-refractivity contribution is 7.91. The zero-order valence-corrected chi connectivity index (χ0v) is 16.1. The van der Waals surface area contributed by atoms with Gasteiger partial charge in [-0.2, -0.15) is 0 Å². The Hall–Kier alpha value is -2.18. The van der Waals surface area contributed by atoms with Gasteiger partial charge in [0.05, 0.1) is 11.5 Å². The summed E-state index contributed by atoms with van der Waals surface area (Å²) in [6, 6.07) is 12.6. The molecule has 1 saturated heterocycles. The fourth-order valence-electron chi connectivity index (χ4n) is 3.06. The first-order valence-corrected chi connectivity index (χ1v) is 10.7. The molecule has 27 heavy (non-hydrogen) atoms. The second kappa shape index (κ2) is 8.23. The second-order valence-corrected chi connectivity index (χ2v) is 9.14. The molecule has 0 N–H and O–H groups in total. The Morgan fingerprint density at radius 3 is 2.52 bits per heavy atom. The van der Waals surface area contributed by atoms with Gasteiger partial charge in [0.1, 0.15) is 5.82 Å². The van der Waals surface area contributed by atoms with Gasteiger partial charge in [0.15, 0.2) is 9.84 Å². The van der Waals surface area contributed by atoms with Crippen molar-refractivity contribution < 1.29 is 17.6 Å². The van der Waals surface area contributed by atoms with E-state index in [1.165, 1.54) is 23.1 Å². The normalized spacial score (nSPS) is 18.7. The number of rotatable bonds is 5. The summed E-state index contributed by atoms with van der Waals surface area (Å²) in [4.78, 5) is 14.4. The topological polar surface area (TPSA) is 54.5 Å². The van der Waals surface area contributed by atoms with Crippen molar-refractivity contribution in [2.75, 3.05) is 11.5 Å². The van der Waals surface area contributed by atoms with Gasteiger partial charge >= 0.3 is 0 Å². The minimum atomic E-state index is -3.15. The maximum atomic E-state index is 13.1. The smallest absolute Gasteiger partial charge is 0.247 e. The molecule has 0 aliphatic carbocycles. The molecule has 0 saturated carbocycles. The number of hydrogen-bond donors (Lipinski definition) is 0. The zero-order valence-electron chi connectivity index (χ0n) is 14.5. The van der Waals surface area contributed by atoms with Crippen molar-refractivity contribution in [2.45, 2.75) is 19.0 Å². The summed E-state index contributed by atoms with van der Waals surface area (Å²) in [6.45, 7) is 0.214. The van der Waals surface area contributed by atoms with Crippen molar-refractivity contribution in [2.24, 2.45) is 0 Å². The molecule has 7 heteroatoms. The highest BCUT2D eigenvalue weighted by Crippen LogP contribution is 2.22. The van der Waals surface area contributed by atoms with Crippen molar-refractivity contribution in [1.82, 2.24) is 4.90 Å². The van der Waals surface area contributed by atoms with E-state index in [1.54, 1.807) is 36.4 Å². The average Bonchev–Trinajstić information content (AvgIpc) is 3.00. The fraction of sp³-hybridized carbons (Fsp3) is 0.250. The van der Waals surface area contributed by atoms with Crippen molar-refractivity contribution in [3.8, 4) is 0 Å². The van der Waals surface area contributed by atoms with Crippen LogP contribution in [0.5, 0.6) is 0 Å². The number of nitrogens with zero attached hydrogens (tertiary/aromatic N) is 1. The van der Waals surface area contributed by atoms with Crippen LogP contribution >= 0.6 is 11.6 Å². The number of amides is 1. The van der Waals surface area contributed by atoms with Crippen LogP contribution in [-0.2, 0) is 21.2 Å². The summed E-state index contributed by atoms with van der Waals surface area (Å²) in [7, 11) is -3.15. The van der Waals surface area contributed by atoms with Crippen LogP contribution in [0.15, 0.2) is 54.6 Å². The van der Waals surface area contributed by atoms with Crippen LogP contribution in [-0.4, -0.2) is 36.8 Å². The van der Waals surface area contributed by atoms with E-state index >= 15 is 0 Å². The summed E-state index contributed by atoms with van der Waals surface area (Å²) >= 11 is 6.11. The molecule has 0 radical (unpaired) electrons. The maximum Gasteiger partial charge on any atom is 0.247 e. The Balaban J connectivity index is 1.83. The van der Waals surface area contributed by atoms with Gasteiger partial charge in [0.2, 0.25) is 5.91 Å². The largest absolute Gasteiger partial charge is 0.331 e. The number of hydrogen-bond acceptors (Lipinski definition) is 3. The Labute approximate surface area is 163 Å². The molecular formula is C20H19ClFNO3S. The quantitative estimate of drug-likeness (QED) is 0.710. The summed E-state index contributed by atoms with van der Waals surface area (Å²) in [6.07, 6.45) is 3.41. The van der Waals surface area contributed by atoms with Gasteiger partial charge in [-0.1, -0.05) is 41.9 Å². The van der Waals surface area contributed by atoms with Gasteiger partial charge in [-0.25, -0.2) is 12.8 Å². The molecule has 1 unspecified atom stereocenters. The lowest BCUT2D eigenvalue weighted by molar-refractivity contribution is -0.128. The number of carbonyl (C=O) groups is 1. The number of halogens is 2. The molecule has 2 aromatic carbocycles. The summed E-state index contributed by atoms with van der Waals surface area (Å²) in [5.74, 6) is -0.654. The predicted molar refractivity (Wildman–Crippen MR) is 104 cm³/mol. The van der Waals surface area contributed by atoms with Crippen molar-refractivity contribution in [3.63, 3.8) is 0 Å². The molecule has 1 atom stereocenters. The van der Waals surface area contributed by atoms with E-state index in [0.717, 1.165) is 5.56 Å². The molecule has 0 bridgehead atoms. The minimum absolute atomic E-state index is 0.0557. The highest BCUT2D eigenvalue weighted by Gasteiger charge is 2.34. The third kappa shape index (κ3) is 5.17. The molecule has 0 aromatic heterocycles. The van der Waals surface area contributed by atoms with Crippen molar-refractivity contribution in [1.29, 1.82) is 0 Å². The van der Waals surface area contributed by atoms with Crippen LogP contribution in [0.4, 0.5) is 4.39 Å². The SMILES string of the molecule is O=C(/C=C/c1ccccc1Cl)N(Cc1ccc(F)cc1)C1CCS(=O)(=O)C1. The summed E-state index contributed by atoms with van der Waals surface area (Å²) < 4.78 is 36.9. The number of sulfone groups is 1. The van der Waals surface area contributed by atoms with E-state index in [0.29, 0.717) is 17.0 Å². The highest BCUT2D eigenvalue weighted by atomic mass is 35.5. The van der Waals surface area contributed by atoms with Crippen LogP contribution in [0, 0.1) is 5.82 Å². The van der Waals surface area contributed by atoms with Gasteiger partial charge in [-0.15, -0.1) is 0 Å². The molecule has 1 aliphatic rings. The molecule has 2 aromatic rings. The van der Waals surface area contributed by atoms with Gasteiger partial charge in [-0.05, 0) is 41.8 Å². The Kier molecular flexibility index (Phi) is 5.97. The molecular weight excluding hydrogens is 389 g/mol. The van der Waals surface area contributed by atoms with Gasteiger partial charge in [0.25, 0.3) is 0 Å². The molecule has 4 nitrogen and oxygen atoms in total. The predicted octanol–water partition coefficient (Wildman–Crippen LogP) is 3.71. The maximum absolute atomic E-state index is 13.1. The average molecular weight is 408 g/mol. The van der Waals surface area contributed by atoms with Crippen LogP contribution < -0.4 is 0 Å². The molecule has 3 rings (SSSR count). The van der Waals surface area contributed by atoms with E-state index < -0.39 is 15.9 Å². The summed E-state index contributed by atoms with van der Waals surface area (Å²) in [5.41, 5.74) is 1.44. The van der Waals surface area contributed by atoms with Gasteiger partial charge in [-0.3, -0.25) is 4.79 Å². The van der Waals surface area contributed by atoms with Crippen LogP contribution in [0.3, 0.4) is 0 Å². The minimum Gasteiger partial charge on any atom is -0.331 e. The first-order valence-electron chi connectivity index (χ1n) is 8.52. The lowest BCUT2D eigenvalue weighted by Gasteiger charge is -2.27. The monoisotopic (exact) mass is 407 g/mol. The van der Waals surface area contributed by atoms with Crippen molar-refractivity contribution in [3.05, 3.63) is 76.6 Å². The molecule has 1 fully saturated rings. The zero-order chi connectivity index (χ0) is 19.4. The second-order valence-electron chi connectivity index (χ2n) is 6.50. The van der Waals surface area contributed by atoms with Gasteiger partial charge in [0, 0.05) is 23.7 Å². The van der Waals surface area contributed by atoms with Crippen LogP contribution in [0.2, 0.25) is 5.02 Å². The van der Waals surface area contributed by atoms with E-state index in [-0.39, 0.29) is 29.8 Å². The molecule has 142 valence electrons. The Morgan fingerprint density at radius 1 is 1.19 bits per heavy atom. The van der Waals surface area contributed by atoms with E-state index in [4.69, 9.17) is 11.6 Å². The standard InChI is InChI=1S/C20H19ClFNO3S/c21-19-4-2-1-3-16(19)7-10-20(24)23(18-11-12-27(25,26)14-18)13-15-5-8-17(22)9-6-15/h1-10,18H,11-14H2/b10-7+. The third-order valence-electron chi connectivity index (χ3n) is 4.51. The molecule has 1 amide bonds. The van der Waals surface area contributed by atoms with E-state index in [2.05, 4.69) is 0 Å². The first-order chi connectivity index (χ1) is 12.8. The molecule has 0 spiro atoms. The lowest BCUT2D eigenvalue weighted by Crippen LogP contribution is -2.39. The number of benzene rings is 2. The van der Waals surface area contributed by atoms with Crippen molar-refractivity contribution >= 4 is 33.4 Å². The Bertz CT molecular complexity index is 957. The number of carbonyl (C=O) groups excluding carboxylic acids is 1. The molecule has 1 aliphatic heterocycles. The molecule has 1 heterocycles. The lowest BCUT2D eigenvalue weighted by atomic mass is 10.1. The van der Waals surface area contributed by atoms with E-state index in [9.17, 15) is 17.6 Å². The third-order valence-corrected chi connectivity index (χ3v) is 6.60.